The van der Waals surface area contributed by atoms with Crippen LogP contribution in [-0.2, 0) is 16.0 Å². The number of carbonyl (C=O) groups is 1. The molecule has 3 rings (SSSR count). The van der Waals surface area contributed by atoms with Gasteiger partial charge in [0.1, 0.15) is 5.75 Å². The molecule has 0 saturated carbocycles. The minimum Gasteiger partial charge on any atom is -0.492 e. The van der Waals surface area contributed by atoms with Gasteiger partial charge in [0.2, 0.25) is 0 Å². The number of halogens is 3. The van der Waals surface area contributed by atoms with E-state index in [-0.39, 0.29) is 21.8 Å². The third-order valence-corrected chi connectivity index (χ3v) is 6.51. The summed E-state index contributed by atoms with van der Waals surface area (Å²) in [5.41, 5.74) is -0.0505. The SMILES string of the molecule is CC(C)(C)COc1ccc(S(C)(=O)=O)cc1C(=O)N1CCN(c2ccc(C(F)(F)F)cc2)CC1. The number of hydrogen-bond donors (Lipinski definition) is 0. The number of carbonyl (C=O) groups excluding carboxylic acids is 1. The molecule has 1 saturated heterocycles. The van der Waals surface area contributed by atoms with Crippen LogP contribution in [0.4, 0.5) is 18.9 Å². The average molecular weight is 499 g/mol. The van der Waals surface area contributed by atoms with E-state index in [1.807, 2.05) is 25.7 Å². The van der Waals surface area contributed by atoms with Gasteiger partial charge in [-0.25, -0.2) is 8.42 Å². The molecule has 34 heavy (non-hydrogen) atoms. The van der Waals surface area contributed by atoms with Crippen molar-refractivity contribution in [1.29, 1.82) is 0 Å². The van der Waals surface area contributed by atoms with Crippen molar-refractivity contribution in [3.8, 4) is 5.75 Å². The fraction of sp³-hybridized carbons (Fsp3) is 0.458. The van der Waals surface area contributed by atoms with E-state index in [0.29, 0.717) is 44.2 Å². The van der Waals surface area contributed by atoms with Crippen LogP contribution in [0.3, 0.4) is 0 Å². The highest BCUT2D eigenvalue weighted by Gasteiger charge is 2.31. The molecule has 0 spiro atoms. The lowest BCUT2D eigenvalue weighted by Gasteiger charge is -2.36. The van der Waals surface area contributed by atoms with Gasteiger partial charge in [-0.05, 0) is 47.9 Å². The quantitative estimate of drug-likeness (QED) is 0.608. The topological polar surface area (TPSA) is 66.9 Å². The van der Waals surface area contributed by atoms with Crippen LogP contribution < -0.4 is 9.64 Å². The van der Waals surface area contributed by atoms with Crippen LogP contribution >= 0.6 is 0 Å². The Morgan fingerprint density at radius 3 is 2.06 bits per heavy atom. The van der Waals surface area contributed by atoms with Crippen molar-refractivity contribution in [3.05, 3.63) is 53.6 Å². The van der Waals surface area contributed by atoms with Gasteiger partial charge in [0.25, 0.3) is 5.91 Å². The van der Waals surface area contributed by atoms with Gasteiger partial charge in [0.05, 0.1) is 22.6 Å². The van der Waals surface area contributed by atoms with Gasteiger partial charge in [-0.3, -0.25) is 4.79 Å². The predicted molar refractivity (Wildman–Crippen MR) is 124 cm³/mol. The number of sulfone groups is 1. The highest BCUT2D eigenvalue weighted by Crippen LogP contribution is 2.31. The smallest absolute Gasteiger partial charge is 0.416 e. The first kappa shape index (κ1) is 25.9. The van der Waals surface area contributed by atoms with E-state index in [1.54, 1.807) is 4.90 Å². The number of rotatable bonds is 5. The summed E-state index contributed by atoms with van der Waals surface area (Å²) in [6.07, 6.45) is -3.31. The fourth-order valence-electron chi connectivity index (χ4n) is 3.53. The molecule has 1 fully saturated rings. The lowest BCUT2D eigenvalue weighted by Crippen LogP contribution is -2.48. The van der Waals surface area contributed by atoms with Gasteiger partial charge >= 0.3 is 6.18 Å². The molecule has 0 aromatic heterocycles. The third kappa shape index (κ3) is 6.43. The Balaban J connectivity index is 1.76. The van der Waals surface area contributed by atoms with E-state index in [2.05, 4.69) is 0 Å². The number of piperazine rings is 1. The number of ether oxygens (including phenoxy) is 1. The Morgan fingerprint density at radius 1 is 0.971 bits per heavy atom. The summed E-state index contributed by atoms with van der Waals surface area (Å²) in [6.45, 7) is 7.83. The molecular formula is C24H29F3N2O4S. The molecule has 1 heterocycles. The van der Waals surface area contributed by atoms with Gasteiger partial charge in [0, 0.05) is 38.1 Å². The third-order valence-electron chi connectivity index (χ3n) is 5.40. The van der Waals surface area contributed by atoms with Gasteiger partial charge in [-0.2, -0.15) is 13.2 Å². The summed E-state index contributed by atoms with van der Waals surface area (Å²) in [5.74, 6) is -0.0287. The van der Waals surface area contributed by atoms with Crippen molar-refractivity contribution >= 4 is 21.4 Å². The molecule has 0 unspecified atom stereocenters. The maximum Gasteiger partial charge on any atom is 0.416 e. The first-order valence-electron chi connectivity index (χ1n) is 10.8. The predicted octanol–water partition coefficient (Wildman–Crippen LogP) is 4.50. The Kier molecular flexibility index (Phi) is 7.21. The first-order valence-corrected chi connectivity index (χ1v) is 12.7. The van der Waals surface area contributed by atoms with Crippen molar-refractivity contribution < 1.29 is 31.1 Å². The number of alkyl halides is 3. The van der Waals surface area contributed by atoms with Gasteiger partial charge < -0.3 is 14.5 Å². The van der Waals surface area contributed by atoms with E-state index < -0.39 is 21.6 Å². The van der Waals surface area contributed by atoms with Crippen LogP contribution in [0.2, 0.25) is 0 Å². The Morgan fingerprint density at radius 2 is 1.56 bits per heavy atom. The molecule has 6 nitrogen and oxygen atoms in total. The van der Waals surface area contributed by atoms with Crippen molar-refractivity contribution in [2.45, 2.75) is 31.8 Å². The molecule has 10 heteroatoms. The molecular weight excluding hydrogens is 469 g/mol. The standard InChI is InChI=1S/C24H29F3N2O4S/c1-23(2,3)16-33-21-10-9-19(34(4,31)32)15-20(21)22(30)29-13-11-28(12-14-29)18-7-5-17(6-8-18)24(25,26)27/h5-10,15H,11-14,16H2,1-4H3. The van der Waals surface area contributed by atoms with Crippen LogP contribution in [0, 0.1) is 5.41 Å². The van der Waals surface area contributed by atoms with E-state index >= 15 is 0 Å². The number of nitrogens with zero attached hydrogens (tertiary/aromatic N) is 2. The molecule has 1 aliphatic rings. The second-order valence-corrected chi connectivity index (χ2v) is 11.6. The minimum atomic E-state index is -4.39. The van der Waals surface area contributed by atoms with Crippen LogP contribution in [0.5, 0.6) is 5.75 Å². The first-order chi connectivity index (χ1) is 15.6. The molecule has 2 aromatic carbocycles. The van der Waals surface area contributed by atoms with Crippen molar-refractivity contribution in [2.24, 2.45) is 5.41 Å². The van der Waals surface area contributed by atoms with Gasteiger partial charge in [0.15, 0.2) is 9.84 Å². The maximum atomic E-state index is 13.3. The van der Waals surface area contributed by atoms with E-state index in [0.717, 1.165) is 18.4 Å². The van der Waals surface area contributed by atoms with Crippen LogP contribution in [-0.4, -0.2) is 58.3 Å². The molecule has 1 aliphatic heterocycles. The molecule has 186 valence electrons. The van der Waals surface area contributed by atoms with Gasteiger partial charge in [-0.1, -0.05) is 20.8 Å². The number of benzene rings is 2. The molecule has 0 N–H and O–H groups in total. The van der Waals surface area contributed by atoms with E-state index in [4.69, 9.17) is 4.74 Å². The summed E-state index contributed by atoms with van der Waals surface area (Å²) < 4.78 is 68.4. The van der Waals surface area contributed by atoms with E-state index in [9.17, 15) is 26.4 Å². The lowest BCUT2D eigenvalue weighted by atomic mass is 9.98. The molecule has 0 radical (unpaired) electrons. The summed E-state index contributed by atoms with van der Waals surface area (Å²) in [5, 5.41) is 0. The van der Waals surface area contributed by atoms with Gasteiger partial charge in [-0.15, -0.1) is 0 Å². The Hall–Kier alpha value is -2.75. The second-order valence-electron chi connectivity index (χ2n) is 9.60. The number of amides is 1. The summed E-state index contributed by atoms with van der Waals surface area (Å²) >= 11 is 0. The molecule has 2 aromatic rings. The van der Waals surface area contributed by atoms with Crippen LogP contribution in [0.1, 0.15) is 36.7 Å². The highest BCUT2D eigenvalue weighted by atomic mass is 32.2. The van der Waals surface area contributed by atoms with E-state index in [1.165, 1.54) is 30.3 Å². The Bertz CT molecular complexity index is 1130. The van der Waals surface area contributed by atoms with Crippen molar-refractivity contribution in [2.75, 3.05) is 43.9 Å². The second kappa shape index (κ2) is 9.48. The zero-order valence-electron chi connectivity index (χ0n) is 19.6. The molecule has 0 aliphatic carbocycles. The summed E-state index contributed by atoms with van der Waals surface area (Å²) in [4.78, 5) is 16.9. The molecule has 0 bridgehead atoms. The molecule has 1 amide bonds. The normalized spacial score (nSPS) is 15.4. The number of hydrogen-bond acceptors (Lipinski definition) is 5. The monoisotopic (exact) mass is 498 g/mol. The van der Waals surface area contributed by atoms with Crippen LogP contribution in [0.15, 0.2) is 47.4 Å². The average Bonchev–Trinajstić information content (AvgIpc) is 2.75. The highest BCUT2D eigenvalue weighted by molar-refractivity contribution is 7.90. The maximum absolute atomic E-state index is 13.3. The van der Waals surface area contributed by atoms with Crippen molar-refractivity contribution in [1.82, 2.24) is 4.90 Å². The summed E-state index contributed by atoms with van der Waals surface area (Å²) in [6, 6.07) is 9.21. The fourth-order valence-corrected chi connectivity index (χ4v) is 4.17. The molecule has 0 atom stereocenters. The number of anilines is 1. The minimum absolute atomic E-state index is 0.0300. The summed E-state index contributed by atoms with van der Waals surface area (Å²) in [7, 11) is -3.52. The zero-order valence-corrected chi connectivity index (χ0v) is 20.5. The largest absolute Gasteiger partial charge is 0.492 e. The van der Waals surface area contributed by atoms with Crippen LogP contribution in [0.25, 0.3) is 0 Å². The Labute approximate surface area is 198 Å². The van der Waals surface area contributed by atoms with Crippen molar-refractivity contribution in [3.63, 3.8) is 0 Å². The zero-order chi connectivity index (χ0) is 25.3. The lowest BCUT2D eigenvalue weighted by molar-refractivity contribution is -0.137.